The smallest absolute Gasteiger partial charge is 0.158 e. The van der Waals surface area contributed by atoms with Gasteiger partial charge in [-0.1, -0.05) is 24.3 Å². The number of allylic oxidation sites excluding steroid dienone is 1. The minimum Gasteiger partial charge on any atom is -0.376 e. The molecule has 106 valence electrons. The average Bonchev–Trinajstić information content (AvgIpc) is 2.98. The van der Waals surface area contributed by atoms with Gasteiger partial charge in [-0.15, -0.1) is 17.9 Å². The van der Waals surface area contributed by atoms with Gasteiger partial charge in [0.25, 0.3) is 0 Å². The highest BCUT2D eigenvalue weighted by Gasteiger charge is 2.35. The number of hydrogen-bond acceptors (Lipinski definition) is 4. The molecule has 0 saturated carbocycles. The van der Waals surface area contributed by atoms with Crippen molar-refractivity contribution in [3.63, 3.8) is 0 Å². The molecular weight excluding hydrogens is 280 g/mol. The molecule has 4 heteroatoms. The van der Waals surface area contributed by atoms with E-state index in [2.05, 4.69) is 16.5 Å². The van der Waals surface area contributed by atoms with Gasteiger partial charge in [-0.2, -0.15) is 0 Å². The number of thiazole rings is 1. The summed E-state index contributed by atoms with van der Waals surface area (Å²) in [5, 5.41) is 11.9. The molecule has 1 atom stereocenters. The lowest BCUT2D eigenvalue weighted by Gasteiger charge is -2.24. The largest absolute Gasteiger partial charge is 0.376 e. The van der Waals surface area contributed by atoms with Gasteiger partial charge in [-0.25, -0.2) is 4.98 Å². The van der Waals surface area contributed by atoms with Crippen LogP contribution in [0.25, 0.3) is 10.2 Å². The maximum atomic E-state index is 11.2. The molecule has 0 spiro atoms. The van der Waals surface area contributed by atoms with E-state index in [1.54, 1.807) is 12.3 Å². The summed E-state index contributed by atoms with van der Waals surface area (Å²) in [6.07, 6.45) is 4.72. The number of pyridine rings is 1. The van der Waals surface area contributed by atoms with Crippen LogP contribution in [0.5, 0.6) is 0 Å². The summed E-state index contributed by atoms with van der Waals surface area (Å²) in [6.45, 7) is 3.75. The number of fused-ring (bicyclic) bond motifs is 1. The first-order valence-electron chi connectivity index (χ1n) is 6.85. The Morgan fingerprint density at radius 2 is 2.00 bits per heavy atom. The standard InChI is InChI=1S/C17H16N2OS/c1-2-3-11-17(20,15-10-6-7-12-18-15)16-19-13-8-4-5-9-14(13)21-16/h2,4-10,12,20H,1,3,11H2. The van der Waals surface area contributed by atoms with Crippen LogP contribution in [0.3, 0.4) is 0 Å². The highest BCUT2D eigenvalue weighted by molar-refractivity contribution is 7.18. The molecule has 0 aliphatic rings. The third kappa shape index (κ3) is 2.60. The Morgan fingerprint density at radius 3 is 2.71 bits per heavy atom. The van der Waals surface area contributed by atoms with Gasteiger partial charge >= 0.3 is 0 Å². The minimum absolute atomic E-state index is 0.521. The van der Waals surface area contributed by atoms with Crippen molar-refractivity contribution in [1.29, 1.82) is 0 Å². The third-order valence-corrected chi connectivity index (χ3v) is 4.63. The van der Waals surface area contributed by atoms with Crippen molar-refractivity contribution in [1.82, 2.24) is 9.97 Å². The normalized spacial score (nSPS) is 14.0. The number of para-hydroxylation sites is 1. The average molecular weight is 296 g/mol. The summed E-state index contributed by atoms with van der Waals surface area (Å²) in [4.78, 5) is 8.94. The Hall–Kier alpha value is -2.04. The van der Waals surface area contributed by atoms with E-state index in [4.69, 9.17) is 0 Å². The number of aliphatic hydroxyl groups is 1. The SMILES string of the molecule is C=CCCC(O)(c1ccccn1)c1nc2ccccc2s1. The number of nitrogens with zero attached hydrogens (tertiary/aromatic N) is 2. The predicted octanol–water partition coefficient (Wildman–Crippen LogP) is 3.89. The van der Waals surface area contributed by atoms with Crippen LogP contribution in [0.15, 0.2) is 61.3 Å². The minimum atomic E-state index is -1.17. The molecular formula is C17H16N2OS. The molecule has 2 aromatic heterocycles. The molecule has 0 amide bonds. The zero-order valence-corrected chi connectivity index (χ0v) is 12.4. The fourth-order valence-electron chi connectivity index (χ4n) is 2.31. The molecule has 1 N–H and O–H groups in total. The summed E-state index contributed by atoms with van der Waals surface area (Å²) < 4.78 is 1.07. The first-order chi connectivity index (χ1) is 10.2. The van der Waals surface area contributed by atoms with Crippen LogP contribution in [0.4, 0.5) is 0 Å². The molecule has 1 aromatic carbocycles. The molecule has 0 aliphatic carbocycles. The Kier molecular flexibility index (Phi) is 3.82. The molecule has 0 aliphatic heterocycles. The fourth-order valence-corrected chi connectivity index (χ4v) is 3.40. The van der Waals surface area contributed by atoms with Crippen molar-refractivity contribution in [2.24, 2.45) is 0 Å². The number of hydrogen-bond donors (Lipinski definition) is 1. The second-order valence-electron chi connectivity index (χ2n) is 4.89. The second-order valence-corrected chi connectivity index (χ2v) is 5.92. The van der Waals surface area contributed by atoms with Gasteiger partial charge in [-0.3, -0.25) is 4.98 Å². The van der Waals surface area contributed by atoms with Gasteiger partial charge in [0.2, 0.25) is 0 Å². The quantitative estimate of drug-likeness (QED) is 0.726. The van der Waals surface area contributed by atoms with Gasteiger partial charge in [0.1, 0.15) is 5.01 Å². The lowest BCUT2D eigenvalue weighted by Crippen LogP contribution is -2.28. The maximum Gasteiger partial charge on any atom is 0.158 e. The zero-order chi connectivity index (χ0) is 14.7. The van der Waals surface area contributed by atoms with Crippen molar-refractivity contribution >= 4 is 21.6 Å². The molecule has 0 radical (unpaired) electrons. The van der Waals surface area contributed by atoms with E-state index >= 15 is 0 Å². The predicted molar refractivity (Wildman–Crippen MR) is 86.3 cm³/mol. The van der Waals surface area contributed by atoms with Crippen LogP contribution in [0.2, 0.25) is 0 Å². The van der Waals surface area contributed by atoms with Gasteiger partial charge in [-0.05, 0) is 37.1 Å². The number of rotatable bonds is 5. The van der Waals surface area contributed by atoms with Crippen LogP contribution in [0, 0.1) is 0 Å². The molecule has 0 saturated heterocycles. The number of benzene rings is 1. The van der Waals surface area contributed by atoms with Crippen molar-refractivity contribution in [3.8, 4) is 0 Å². The highest BCUT2D eigenvalue weighted by atomic mass is 32.1. The van der Waals surface area contributed by atoms with E-state index in [1.807, 2.05) is 42.5 Å². The fraction of sp³-hybridized carbons (Fsp3) is 0.176. The molecule has 3 nitrogen and oxygen atoms in total. The van der Waals surface area contributed by atoms with Crippen molar-refractivity contribution in [3.05, 3.63) is 72.0 Å². The van der Waals surface area contributed by atoms with E-state index in [0.717, 1.165) is 10.2 Å². The molecule has 3 aromatic rings. The van der Waals surface area contributed by atoms with Crippen LogP contribution in [0.1, 0.15) is 23.5 Å². The summed E-state index contributed by atoms with van der Waals surface area (Å²) in [5.74, 6) is 0. The Balaban J connectivity index is 2.12. The molecule has 1 unspecified atom stereocenters. The van der Waals surface area contributed by atoms with Crippen molar-refractivity contribution < 1.29 is 5.11 Å². The first-order valence-corrected chi connectivity index (χ1v) is 7.66. The second kappa shape index (κ2) is 5.76. The Morgan fingerprint density at radius 1 is 1.19 bits per heavy atom. The van der Waals surface area contributed by atoms with Crippen LogP contribution < -0.4 is 0 Å². The zero-order valence-electron chi connectivity index (χ0n) is 11.6. The number of aromatic nitrogens is 2. The van der Waals surface area contributed by atoms with Crippen molar-refractivity contribution in [2.75, 3.05) is 0 Å². The lowest BCUT2D eigenvalue weighted by molar-refractivity contribution is 0.0675. The van der Waals surface area contributed by atoms with E-state index in [9.17, 15) is 5.11 Å². The van der Waals surface area contributed by atoms with Crippen LogP contribution in [-0.2, 0) is 5.60 Å². The van der Waals surface area contributed by atoms with Gasteiger partial charge in [0, 0.05) is 6.20 Å². The van der Waals surface area contributed by atoms with E-state index in [0.29, 0.717) is 23.5 Å². The van der Waals surface area contributed by atoms with E-state index in [-0.39, 0.29) is 0 Å². The molecule has 0 fully saturated rings. The molecule has 0 bridgehead atoms. The van der Waals surface area contributed by atoms with E-state index < -0.39 is 5.60 Å². The van der Waals surface area contributed by atoms with Crippen molar-refractivity contribution in [2.45, 2.75) is 18.4 Å². The summed E-state index contributed by atoms with van der Waals surface area (Å²) in [5.41, 5.74) is 0.371. The molecule has 21 heavy (non-hydrogen) atoms. The van der Waals surface area contributed by atoms with E-state index in [1.165, 1.54) is 11.3 Å². The van der Waals surface area contributed by atoms with Gasteiger partial charge < -0.3 is 5.11 Å². The van der Waals surface area contributed by atoms with Crippen LogP contribution >= 0.6 is 11.3 Å². The van der Waals surface area contributed by atoms with Crippen LogP contribution in [-0.4, -0.2) is 15.1 Å². The maximum absolute atomic E-state index is 11.2. The first kappa shape index (κ1) is 13.9. The van der Waals surface area contributed by atoms with Gasteiger partial charge in [0.05, 0.1) is 15.9 Å². The highest BCUT2D eigenvalue weighted by Crippen LogP contribution is 2.37. The summed E-state index contributed by atoms with van der Waals surface area (Å²) >= 11 is 1.51. The summed E-state index contributed by atoms with van der Waals surface area (Å²) in [7, 11) is 0. The summed E-state index contributed by atoms with van der Waals surface area (Å²) in [6, 6.07) is 13.5. The Labute approximate surface area is 127 Å². The third-order valence-electron chi connectivity index (χ3n) is 3.45. The Bertz CT molecular complexity index is 721. The monoisotopic (exact) mass is 296 g/mol. The molecule has 2 heterocycles. The molecule has 3 rings (SSSR count). The topological polar surface area (TPSA) is 46.0 Å². The van der Waals surface area contributed by atoms with Gasteiger partial charge in [0.15, 0.2) is 5.60 Å². The lowest BCUT2D eigenvalue weighted by atomic mass is 9.94.